The highest BCUT2D eigenvalue weighted by Crippen LogP contribution is 2.54. The lowest BCUT2D eigenvalue weighted by Crippen LogP contribution is -2.23. The first-order valence-electron chi connectivity index (χ1n) is 7.02. The Bertz CT molecular complexity index is 476. The van der Waals surface area contributed by atoms with E-state index in [1.807, 2.05) is 19.9 Å². The van der Waals surface area contributed by atoms with Crippen molar-refractivity contribution in [3.05, 3.63) is 29.1 Å². The highest BCUT2D eigenvalue weighted by molar-refractivity contribution is 5.56. The van der Waals surface area contributed by atoms with E-state index in [0.717, 1.165) is 35.8 Å². The van der Waals surface area contributed by atoms with Crippen molar-refractivity contribution in [2.75, 3.05) is 18.0 Å². The normalized spacial score (nSPS) is 25.6. The Morgan fingerprint density at radius 2 is 2.00 bits per heavy atom. The lowest BCUT2D eigenvalue weighted by atomic mass is 9.90. The molecule has 1 heterocycles. The van der Waals surface area contributed by atoms with Crippen molar-refractivity contribution in [3.63, 3.8) is 0 Å². The van der Waals surface area contributed by atoms with Crippen LogP contribution in [0.15, 0.2) is 12.1 Å². The van der Waals surface area contributed by atoms with Crippen LogP contribution in [0.1, 0.15) is 37.3 Å². The number of rotatable bonds is 2. The average molecular weight is 247 g/mol. The van der Waals surface area contributed by atoms with E-state index in [-0.39, 0.29) is 5.82 Å². The Kier molecular flexibility index (Phi) is 2.65. The quantitative estimate of drug-likeness (QED) is 0.761. The van der Waals surface area contributed by atoms with Crippen molar-refractivity contribution in [1.82, 2.24) is 0 Å². The van der Waals surface area contributed by atoms with Crippen LogP contribution in [0, 0.1) is 31.0 Å². The molecule has 1 aromatic rings. The van der Waals surface area contributed by atoms with Crippen molar-refractivity contribution >= 4 is 5.69 Å². The maximum absolute atomic E-state index is 14.0. The van der Waals surface area contributed by atoms with Crippen LogP contribution in [-0.2, 0) is 0 Å². The van der Waals surface area contributed by atoms with Crippen molar-refractivity contribution in [1.29, 1.82) is 0 Å². The van der Waals surface area contributed by atoms with Gasteiger partial charge in [0.2, 0.25) is 0 Å². The molecule has 98 valence electrons. The molecule has 0 bridgehead atoms. The summed E-state index contributed by atoms with van der Waals surface area (Å²) < 4.78 is 14.0. The van der Waals surface area contributed by atoms with Gasteiger partial charge in [-0.2, -0.15) is 0 Å². The molecular formula is C16H22FN. The molecule has 0 N–H and O–H groups in total. The molecule has 2 aliphatic rings. The minimum atomic E-state index is -0.0337. The lowest BCUT2D eigenvalue weighted by Gasteiger charge is -2.23. The predicted molar refractivity (Wildman–Crippen MR) is 73.5 cm³/mol. The van der Waals surface area contributed by atoms with Crippen molar-refractivity contribution in [3.8, 4) is 0 Å². The monoisotopic (exact) mass is 247 g/mol. The SMILES string of the molecule is Cc1ccc(N2CC[C@@H](C3(C)CC3)C2)c(C)c1F. The Morgan fingerprint density at radius 3 is 2.67 bits per heavy atom. The van der Waals surface area contributed by atoms with E-state index in [9.17, 15) is 4.39 Å². The molecule has 1 atom stereocenters. The highest BCUT2D eigenvalue weighted by atomic mass is 19.1. The summed E-state index contributed by atoms with van der Waals surface area (Å²) in [5.74, 6) is 0.773. The summed E-state index contributed by atoms with van der Waals surface area (Å²) in [5, 5.41) is 0. The first-order chi connectivity index (χ1) is 8.51. The van der Waals surface area contributed by atoms with Gasteiger partial charge in [0.15, 0.2) is 0 Å². The largest absolute Gasteiger partial charge is 0.371 e. The second kappa shape index (κ2) is 3.97. The number of aryl methyl sites for hydroxylation is 1. The minimum absolute atomic E-state index is 0.0337. The van der Waals surface area contributed by atoms with Crippen LogP contribution in [0.4, 0.5) is 10.1 Å². The summed E-state index contributed by atoms with van der Waals surface area (Å²) >= 11 is 0. The first kappa shape index (κ1) is 12.0. The Balaban J connectivity index is 1.82. The molecule has 0 aromatic heterocycles. The van der Waals surface area contributed by atoms with Gasteiger partial charge in [-0.25, -0.2) is 4.39 Å². The molecule has 1 saturated heterocycles. The van der Waals surface area contributed by atoms with Gasteiger partial charge in [-0.15, -0.1) is 0 Å². The van der Waals surface area contributed by atoms with Gasteiger partial charge in [0.05, 0.1) is 0 Å². The molecule has 1 nitrogen and oxygen atoms in total. The summed E-state index contributed by atoms with van der Waals surface area (Å²) in [6, 6.07) is 4.00. The van der Waals surface area contributed by atoms with E-state index in [4.69, 9.17) is 0 Å². The van der Waals surface area contributed by atoms with Gasteiger partial charge < -0.3 is 4.90 Å². The molecule has 3 rings (SSSR count). The fourth-order valence-electron chi connectivity index (χ4n) is 3.31. The third-order valence-electron chi connectivity index (χ3n) is 5.10. The fraction of sp³-hybridized carbons (Fsp3) is 0.625. The standard InChI is InChI=1S/C16H22FN/c1-11-4-5-14(12(2)15(11)17)18-9-6-13(10-18)16(3)7-8-16/h4-5,13H,6-10H2,1-3H3/t13-/m1/s1. The van der Waals surface area contributed by atoms with Gasteiger partial charge in [-0.1, -0.05) is 13.0 Å². The Labute approximate surface area is 109 Å². The number of hydrogen-bond donors (Lipinski definition) is 0. The molecule has 2 heteroatoms. The van der Waals surface area contributed by atoms with Gasteiger partial charge in [0.1, 0.15) is 5.82 Å². The average Bonchev–Trinajstić information content (AvgIpc) is 2.92. The maximum Gasteiger partial charge on any atom is 0.131 e. The van der Waals surface area contributed by atoms with Crippen LogP contribution in [0.2, 0.25) is 0 Å². The Morgan fingerprint density at radius 1 is 1.28 bits per heavy atom. The van der Waals surface area contributed by atoms with Gasteiger partial charge >= 0.3 is 0 Å². The number of halogens is 1. The zero-order chi connectivity index (χ0) is 12.9. The number of anilines is 1. The van der Waals surface area contributed by atoms with Gasteiger partial charge in [0, 0.05) is 24.3 Å². The van der Waals surface area contributed by atoms with Crippen molar-refractivity contribution in [2.45, 2.75) is 40.0 Å². The molecule has 18 heavy (non-hydrogen) atoms. The Hall–Kier alpha value is -1.05. The van der Waals surface area contributed by atoms with Crippen molar-refractivity contribution < 1.29 is 4.39 Å². The molecule has 0 radical (unpaired) electrons. The van der Waals surface area contributed by atoms with E-state index in [2.05, 4.69) is 17.9 Å². The third-order valence-corrected chi connectivity index (χ3v) is 5.10. The zero-order valence-electron chi connectivity index (χ0n) is 11.6. The topological polar surface area (TPSA) is 3.24 Å². The predicted octanol–water partition coefficient (Wildman–Crippen LogP) is 4.07. The van der Waals surface area contributed by atoms with E-state index in [1.165, 1.54) is 19.3 Å². The van der Waals surface area contributed by atoms with E-state index in [1.54, 1.807) is 0 Å². The lowest BCUT2D eigenvalue weighted by molar-refractivity contribution is 0.367. The van der Waals surface area contributed by atoms with Gasteiger partial charge in [-0.05, 0) is 56.1 Å². The summed E-state index contributed by atoms with van der Waals surface area (Å²) in [6.45, 7) is 8.35. The second-order valence-corrected chi connectivity index (χ2v) is 6.43. The van der Waals surface area contributed by atoms with Crippen LogP contribution < -0.4 is 4.90 Å². The third kappa shape index (κ3) is 1.82. The van der Waals surface area contributed by atoms with Gasteiger partial charge in [0.25, 0.3) is 0 Å². The molecule has 0 unspecified atom stereocenters. The fourth-order valence-corrected chi connectivity index (χ4v) is 3.31. The molecule has 0 spiro atoms. The van der Waals surface area contributed by atoms with Crippen molar-refractivity contribution in [2.24, 2.45) is 11.3 Å². The zero-order valence-corrected chi connectivity index (χ0v) is 11.6. The van der Waals surface area contributed by atoms with Crippen LogP contribution in [0.5, 0.6) is 0 Å². The highest BCUT2D eigenvalue weighted by Gasteiger charge is 2.47. The number of benzene rings is 1. The summed E-state index contributed by atoms with van der Waals surface area (Å²) in [4.78, 5) is 2.38. The number of hydrogen-bond acceptors (Lipinski definition) is 1. The van der Waals surface area contributed by atoms with E-state index in [0.29, 0.717) is 5.41 Å². The van der Waals surface area contributed by atoms with Crippen LogP contribution in [-0.4, -0.2) is 13.1 Å². The molecule has 1 aliphatic heterocycles. The smallest absolute Gasteiger partial charge is 0.131 e. The number of nitrogens with zero attached hydrogens (tertiary/aromatic N) is 1. The van der Waals surface area contributed by atoms with E-state index >= 15 is 0 Å². The molecule has 1 saturated carbocycles. The summed E-state index contributed by atoms with van der Waals surface area (Å²) in [6.07, 6.45) is 4.03. The second-order valence-electron chi connectivity index (χ2n) is 6.43. The molecule has 1 aliphatic carbocycles. The molecule has 2 fully saturated rings. The summed E-state index contributed by atoms with van der Waals surface area (Å²) in [5.41, 5.74) is 3.26. The maximum atomic E-state index is 14.0. The molecular weight excluding hydrogens is 225 g/mol. The summed E-state index contributed by atoms with van der Waals surface area (Å²) in [7, 11) is 0. The van der Waals surface area contributed by atoms with Crippen LogP contribution >= 0.6 is 0 Å². The first-order valence-corrected chi connectivity index (χ1v) is 7.02. The van der Waals surface area contributed by atoms with Crippen LogP contribution in [0.3, 0.4) is 0 Å². The molecule has 0 amide bonds. The van der Waals surface area contributed by atoms with Gasteiger partial charge in [-0.3, -0.25) is 0 Å². The minimum Gasteiger partial charge on any atom is -0.371 e. The van der Waals surface area contributed by atoms with E-state index < -0.39 is 0 Å². The van der Waals surface area contributed by atoms with Crippen LogP contribution in [0.25, 0.3) is 0 Å². The molecule has 1 aromatic carbocycles.